The predicted octanol–water partition coefficient (Wildman–Crippen LogP) is 4.40. The van der Waals surface area contributed by atoms with Crippen LogP contribution in [0.2, 0.25) is 0 Å². The molecule has 0 bridgehead atoms. The van der Waals surface area contributed by atoms with Crippen LogP contribution < -0.4 is 10.1 Å². The number of hydrogen-bond donors (Lipinski definition) is 1. The zero-order valence-electron chi connectivity index (χ0n) is 18.2. The Bertz CT molecular complexity index is 863. The van der Waals surface area contributed by atoms with Crippen molar-refractivity contribution >= 4 is 11.8 Å². The summed E-state index contributed by atoms with van der Waals surface area (Å²) >= 11 is 0. The fourth-order valence-electron chi connectivity index (χ4n) is 4.14. The number of likely N-dealkylation sites (tertiary alicyclic amines) is 1. The number of para-hydroxylation sites is 1. The number of carbonyl (C=O) groups excluding carboxylic acids is 2. The van der Waals surface area contributed by atoms with E-state index in [4.69, 9.17) is 4.74 Å². The Hall–Kier alpha value is -2.82. The van der Waals surface area contributed by atoms with Gasteiger partial charge in [0.25, 0.3) is 0 Å². The lowest BCUT2D eigenvalue weighted by molar-refractivity contribution is -0.143. The molecule has 2 amide bonds. The van der Waals surface area contributed by atoms with E-state index >= 15 is 0 Å². The number of unbranched alkanes of at least 4 members (excludes halogenated alkanes) is 1. The number of piperidine rings is 1. The van der Waals surface area contributed by atoms with Gasteiger partial charge in [-0.15, -0.1) is 0 Å². The Morgan fingerprint density at radius 1 is 1.17 bits per heavy atom. The summed E-state index contributed by atoms with van der Waals surface area (Å²) in [6, 6.07) is 15.6. The molecular formula is C25H32N2O3. The molecule has 2 aromatic rings. The first-order valence-corrected chi connectivity index (χ1v) is 10.8. The largest absolute Gasteiger partial charge is 0.496 e. The summed E-state index contributed by atoms with van der Waals surface area (Å²) in [5, 5.41) is 3.10. The van der Waals surface area contributed by atoms with Crippen LogP contribution in [-0.4, -0.2) is 30.4 Å². The molecule has 0 spiro atoms. The van der Waals surface area contributed by atoms with Crippen LogP contribution in [0, 0.1) is 12.8 Å². The molecule has 5 heteroatoms. The van der Waals surface area contributed by atoms with Gasteiger partial charge in [0, 0.05) is 25.1 Å². The van der Waals surface area contributed by atoms with E-state index in [0.29, 0.717) is 25.9 Å². The molecule has 0 radical (unpaired) electrons. The summed E-state index contributed by atoms with van der Waals surface area (Å²) < 4.78 is 5.59. The fourth-order valence-corrected chi connectivity index (χ4v) is 4.14. The van der Waals surface area contributed by atoms with E-state index in [1.165, 1.54) is 5.56 Å². The third-order valence-corrected chi connectivity index (χ3v) is 5.84. The van der Waals surface area contributed by atoms with E-state index < -0.39 is 0 Å². The van der Waals surface area contributed by atoms with Crippen LogP contribution in [-0.2, 0) is 16.1 Å². The minimum atomic E-state index is -0.313. The molecular weight excluding hydrogens is 376 g/mol. The van der Waals surface area contributed by atoms with Crippen molar-refractivity contribution in [3.63, 3.8) is 0 Å². The number of hydrogen-bond acceptors (Lipinski definition) is 3. The van der Waals surface area contributed by atoms with Gasteiger partial charge >= 0.3 is 0 Å². The quantitative estimate of drug-likeness (QED) is 0.704. The number of methoxy groups -OCH3 is 1. The molecule has 1 N–H and O–H groups in total. The SMILES string of the molecule is CCCCN1C(=O)CC[C@@H](C(=O)NCc2ccc(C)cc2)[C@@H]1c1ccccc1OC. The van der Waals surface area contributed by atoms with E-state index in [1.54, 1.807) is 7.11 Å². The average Bonchev–Trinajstić information content (AvgIpc) is 2.77. The zero-order chi connectivity index (χ0) is 21.5. The third kappa shape index (κ3) is 5.02. The second kappa shape index (κ2) is 10.3. The molecule has 0 aliphatic carbocycles. The minimum absolute atomic E-state index is 0.0134. The average molecular weight is 409 g/mol. The molecule has 30 heavy (non-hydrogen) atoms. The zero-order valence-corrected chi connectivity index (χ0v) is 18.2. The Morgan fingerprint density at radius 2 is 1.90 bits per heavy atom. The van der Waals surface area contributed by atoms with Gasteiger partial charge in [0.2, 0.25) is 11.8 Å². The van der Waals surface area contributed by atoms with Crippen LogP contribution in [0.3, 0.4) is 0 Å². The van der Waals surface area contributed by atoms with Crippen molar-refractivity contribution in [2.24, 2.45) is 5.92 Å². The van der Waals surface area contributed by atoms with Gasteiger partial charge in [0.15, 0.2) is 0 Å². The molecule has 2 atom stereocenters. The van der Waals surface area contributed by atoms with Gasteiger partial charge in [-0.05, 0) is 31.4 Å². The van der Waals surface area contributed by atoms with E-state index in [2.05, 4.69) is 12.2 Å². The van der Waals surface area contributed by atoms with Gasteiger partial charge in [-0.1, -0.05) is 61.4 Å². The van der Waals surface area contributed by atoms with E-state index in [9.17, 15) is 9.59 Å². The summed E-state index contributed by atoms with van der Waals surface area (Å²) in [7, 11) is 1.63. The molecule has 0 aromatic heterocycles. The summed E-state index contributed by atoms with van der Waals surface area (Å²) in [6.07, 6.45) is 2.85. The van der Waals surface area contributed by atoms with Gasteiger partial charge in [-0.25, -0.2) is 0 Å². The Morgan fingerprint density at radius 3 is 2.60 bits per heavy atom. The van der Waals surface area contributed by atoms with Crippen molar-refractivity contribution in [1.82, 2.24) is 10.2 Å². The maximum Gasteiger partial charge on any atom is 0.225 e. The molecule has 2 aromatic carbocycles. The smallest absolute Gasteiger partial charge is 0.225 e. The van der Waals surface area contributed by atoms with E-state index in [0.717, 1.165) is 29.7 Å². The topological polar surface area (TPSA) is 58.6 Å². The van der Waals surface area contributed by atoms with Gasteiger partial charge in [-0.2, -0.15) is 0 Å². The first-order chi connectivity index (χ1) is 14.5. The van der Waals surface area contributed by atoms with Gasteiger partial charge < -0.3 is 15.0 Å². The maximum atomic E-state index is 13.3. The summed E-state index contributed by atoms with van der Waals surface area (Å²) in [6.45, 7) is 5.29. The number of rotatable bonds is 8. The first kappa shape index (κ1) is 21.9. The number of aryl methyl sites for hydroxylation is 1. The lowest BCUT2D eigenvalue weighted by atomic mass is 9.83. The Labute approximate surface area is 179 Å². The number of carbonyl (C=O) groups is 2. The highest BCUT2D eigenvalue weighted by molar-refractivity contribution is 5.85. The van der Waals surface area contributed by atoms with Crippen LogP contribution in [0.4, 0.5) is 0 Å². The van der Waals surface area contributed by atoms with Crippen molar-refractivity contribution in [3.8, 4) is 5.75 Å². The predicted molar refractivity (Wildman–Crippen MR) is 118 cm³/mol. The van der Waals surface area contributed by atoms with Gasteiger partial charge in [0.05, 0.1) is 19.1 Å². The molecule has 1 aliphatic rings. The molecule has 1 fully saturated rings. The number of nitrogens with one attached hydrogen (secondary N) is 1. The second-order valence-electron chi connectivity index (χ2n) is 7.98. The number of benzene rings is 2. The number of ether oxygens (including phenoxy) is 1. The number of amides is 2. The van der Waals surface area contributed by atoms with E-state index in [1.807, 2.05) is 60.4 Å². The molecule has 0 saturated carbocycles. The molecule has 5 nitrogen and oxygen atoms in total. The van der Waals surface area contributed by atoms with Crippen LogP contribution >= 0.6 is 0 Å². The van der Waals surface area contributed by atoms with Gasteiger partial charge in [0.1, 0.15) is 5.75 Å². The Kier molecular flexibility index (Phi) is 7.50. The summed E-state index contributed by atoms with van der Waals surface area (Å²) in [5.74, 6) is 0.513. The van der Waals surface area contributed by atoms with Gasteiger partial charge in [-0.3, -0.25) is 9.59 Å². The van der Waals surface area contributed by atoms with Crippen LogP contribution in [0.5, 0.6) is 5.75 Å². The van der Waals surface area contributed by atoms with E-state index in [-0.39, 0.29) is 23.8 Å². The van der Waals surface area contributed by atoms with Crippen molar-refractivity contribution in [2.75, 3.05) is 13.7 Å². The lowest BCUT2D eigenvalue weighted by Crippen LogP contribution is -2.48. The normalized spacial score (nSPS) is 18.9. The fraction of sp³-hybridized carbons (Fsp3) is 0.440. The van der Waals surface area contributed by atoms with Crippen molar-refractivity contribution < 1.29 is 14.3 Å². The van der Waals surface area contributed by atoms with Crippen molar-refractivity contribution in [1.29, 1.82) is 0 Å². The molecule has 0 unspecified atom stereocenters. The lowest BCUT2D eigenvalue weighted by Gasteiger charge is -2.41. The third-order valence-electron chi connectivity index (χ3n) is 5.84. The molecule has 3 rings (SSSR count). The standard InChI is InChI=1S/C25H32N2O3/c1-4-5-16-27-23(28)15-14-21(24(27)20-8-6-7-9-22(20)30-3)25(29)26-17-19-12-10-18(2)11-13-19/h6-13,21,24H,4-5,14-17H2,1-3H3,(H,26,29)/t21-,24+/m1/s1. The molecule has 160 valence electrons. The minimum Gasteiger partial charge on any atom is -0.496 e. The maximum absolute atomic E-state index is 13.3. The highest BCUT2D eigenvalue weighted by Crippen LogP contribution is 2.40. The van der Waals surface area contributed by atoms with Crippen LogP contribution in [0.1, 0.15) is 55.3 Å². The van der Waals surface area contributed by atoms with Crippen molar-refractivity contribution in [2.45, 2.75) is 52.1 Å². The second-order valence-corrected chi connectivity index (χ2v) is 7.98. The highest BCUT2D eigenvalue weighted by Gasteiger charge is 2.41. The highest BCUT2D eigenvalue weighted by atomic mass is 16.5. The molecule has 1 aliphatic heterocycles. The Balaban J connectivity index is 1.86. The monoisotopic (exact) mass is 408 g/mol. The van der Waals surface area contributed by atoms with Crippen LogP contribution in [0.25, 0.3) is 0 Å². The van der Waals surface area contributed by atoms with Crippen molar-refractivity contribution in [3.05, 3.63) is 65.2 Å². The summed E-state index contributed by atoms with van der Waals surface area (Å²) in [4.78, 5) is 28.0. The number of nitrogens with zero attached hydrogens (tertiary/aromatic N) is 1. The summed E-state index contributed by atoms with van der Waals surface area (Å²) in [5.41, 5.74) is 3.16. The first-order valence-electron chi connectivity index (χ1n) is 10.8. The molecule has 1 heterocycles. The van der Waals surface area contributed by atoms with Crippen LogP contribution in [0.15, 0.2) is 48.5 Å². The molecule has 1 saturated heterocycles.